The quantitative estimate of drug-likeness (QED) is 0.868. The van der Waals surface area contributed by atoms with Gasteiger partial charge in [-0.05, 0) is 37.1 Å². The Kier molecular flexibility index (Phi) is 4.33. The second-order valence-electron chi connectivity index (χ2n) is 5.97. The molecular formula is C16H23NO3. The Morgan fingerprint density at radius 2 is 2.05 bits per heavy atom. The molecule has 1 amide bonds. The highest BCUT2D eigenvalue weighted by Crippen LogP contribution is 2.40. The largest absolute Gasteiger partial charge is 0.494 e. The second-order valence-corrected chi connectivity index (χ2v) is 5.97. The smallest absolute Gasteiger partial charge is 0.251 e. The van der Waals surface area contributed by atoms with E-state index in [-0.39, 0.29) is 23.5 Å². The lowest BCUT2D eigenvalue weighted by molar-refractivity contribution is -0.0689. The van der Waals surface area contributed by atoms with Gasteiger partial charge in [0, 0.05) is 17.0 Å². The van der Waals surface area contributed by atoms with Gasteiger partial charge in [0.05, 0.1) is 12.7 Å². The summed E-state index contributed by atoms with van der Waals surface area (Å²) in [6, 6.07) is 7.18. The van der Waals surface area contributed by atoms with Crippen molar-refractivity contribution in [2.45, 2.75) is 45.8 Å². The van der Waals surface area contributed by atoms with E-state index >= 15 is 0 Å². The number of aliphatic hydroxyl groups is 1. The molecule has 20 heavy (non-hydrogen) atoms. The van der Waals surface area contributed by atoms with E-state index in [9.17, 15) is 9.90 Å². The van der Waals surface area contributed by atoms with E-state index in [0.717, 1.165) is 12.2 Å². The monoisotopic (exact) mass is 277 g/mol. The predicted octanol–water partition coefficient (Wildman–Crippen LogP) is 2.36. The van der Waals surface area contributed by atoms with Crippen molar-refractivity contribution in [2.24, 2.45) is 5.41 Å². The lowest BCUT2D eigenvalue weighted by Gasteiger charge is -2.49. The fraction of sp³-hybridized carbons (Fsp3) is 0.562. The van der Waals surface area contributed by atoms with Crippen LogP contribution >= 0.6 is 0 Å². The van der Waals surface area contributed by atoms with Crippen molar-refractivity contribution in [1.82, 2.24) is 5.32 Å². The fourth-order valence-corrected chi connectivity index (χ4v) is 2.31. The van der Waals surface area contributed by atoms with Crippen LogP contribution in [0.1, 0.15) is 44.0 Å². The molecular weight excluding hydrogens is 254 g/mol. The predicted molar refractivity (Wildman–Crippen MR) is 77.9 cm³/mol. The maximum absolute atomic E-state index is 12.1. The van der Waals surface area contributed by atoms with E-state index in [4.69, 9.17) is 4.74 Å². The molecule has 1 aromatic carbocycles. The Labute approximate surface area is 120 Å². The summed E-state index contributed by atoms with van der Waals surface area (Å²) in [5.41, 5.74) is 0.367. The minimum Gasteiger partial charge on any atom is -0.494 e. The molecule has 0 aliphatic heterocycles. The zero-order chi connectivity index (χ0) is 14.8. The Morgan fingerprint density at radius 3 is 2.55 bits per heavy atom. The van der Waals surface area contributed by atoms with Crippen molar-refractivity contribution in [1.29, 1.82) is 0 Å². The van der Waals surface area contributed by atoms with E-state index in [1.807, 2.05) is 26.0 Å². The first-order chi connectivity index (χ1) is 9.45. The molecule has 0 spiro atoms. The third-order valence-corrected chi connectivity index (χ3v) is 4.11. The molecule has 0 aromatic heterocycles. The van der Waals surface area contributed by atoms with Crippen LogP contribution in [0.5, 0.6) is 5.75 Å². The first-order valence-electron chi connectivity index (χ1n) is 7.17. The number of aliphatic hydroxyl groups excluding tert-OH is 1. The molecule has 0 radical (unpaired) electrons. The molecule has 4 heteroatoms. The van der Waals surface area contributed by atoms with Crippen LogP contribution in [0, 0.1) is 5.41 Å². The highest BCUT2D eigenvalue weighted by molar-refractivity contribution is 5.94. The van der Waals surface area contributed by atoms with Gasteiger partial charge in [0.2, 0.25) is 0 Å². The molecule has 0 saturated heterocycles. The number of benzene rings is 1. The Morgan fingerprint density at radius 1 is 1.40 bits per heavy atom. The molecule has 2 rings (SSSR count). The van der Waals surface area contributed by atoms with Crippen molar-refractivity contribution in [2.75, 3.05) is 6.61 Å². The molecule has 0 heterocycles. The van der Waals surface area contributed by atoms with Crippen LogP contribution < -0.4 is 10.1 Å². The number of carbonyl (C=O) groups is 1. The van der Waals surface area contributed by atoms with Crippen molar-refractivity contribution >= 4 is 5.91 Å². The summed E-state index contributed by atoms with van der Waals surface area (Å²) in [5.74, 6) is 0.680. The van der Waals surface area contributed by atoms with Gasteiger partial charge in [-0.15, -0.1) is 0 Å². The van der Waals surface area contributed by atoms with Crippen molar-refractivity contribution in [3.63, 3.8) is 0 Å². The number of ether oxygens (including phenoxy) is 1. The maximum atomic E-state index is 12.1. The van der Waals surface area contributed by atoms with Gasteiger partial charge < -0.3 is 15.2 Å². The minimum atomic E-state index is -0.336. The fourth-order valence-electron chi connectivity index (χ4n) is 2.31. The van der Waals surface area contributed by atoms with Crippen molar-refractivity contribution in [3.05, 3.63) is 29.8 Å². The van der Waals surface area contributed by atoms with Gasteiger partial charge >= 0.3 is 0 Å². The molecule has 1 aromatic rings. The van der Waals surface area contributed by atoms with Crippen molar-refractivity contribution in [3.8, 4) is 5.75 Å². The van der Waals surface area contributed by atoms with Crippen LogP contribution in [0.15, 0.2) is 24.3 Å². The highest BCUT2D eigenvalue weighted by atomic mass is 16.5. The van der Waals surface area contributed by atoms with Gasteiger partial charge in [-0.3, -0.25) is 4.79 Å². The standard InChI is InChI=1S/C16H23NO3/c1-4-9-20-12-7-5-11(6-8-12)15(19)17-13-10-14(18)16(13,2)3/h5-8,13-14,18H,4,9-10H2,1-3H3,(H,17,19). The zero-order valence-corrected chi connectivity index (χ0v) is 12.3. The Bertz CT molecular complexity index is 467. The van der Waals surface area contributed by atoms with E-state index in [1.165, 1.54) is 0 Å². The van der Waals surface area contributed by atoms with E-state index in [1.54, 1.807) is 12.1 Å². The molecule has 1 fully saturated rings. The number of hydrogen-bond acceptors (Lipinski definition) is 3. The molecule has 2 N–H and O–H groups in total. The second kappa shape index (κ2) is 5.83. The lowest BCUT2D eigenvalue weighted by atomic mass is 9.64. The van der Waals surface area contributed by atoms with Crippen LogP contribution in [0.3, 0.4) is 0 Å². The third kappa shape index (κ3) is 2.96. The first-order valence-corrected chi connectivity index (χ1v) is 7.17. The highest BCUT2D eigenvalue weighted by Gasteiger charge is 2.47. The number of amides is 1. The number of rotatable bonds is 5. The summed E-state index contributed by atoms with van der Waals surface area (Å²) >= 11 is 0. The molecule has 2 unspecified atom stereocenters. The molecule has 110 valence electrons. The average molecular weight is 277 g/mol. The van der Waals surface area contributed by atoms with Crippen LogP contribution in [-0.4, -0.2) is 29.8 Å². The van der Waals surface area contributed by atoms with Gasteiger partial charge in [-0.1, -0.05) is 20.8 Å². The summed E-state index contributed by atoms with van der Waals surface area (Å²) < 4.78 is 5.49. The molecule has 1 aliphatic carbocycles. The van der Waals surface area contributed by atoms with Gasteiger partial charge in [-0.25, -0.2) is 0 Å². The summed E-state index contributed by atoms with van der Waals surface area (Å²) in [6.45, 7) is 6.66. The Hall–Kier alpha value is -1.55. The lowest BCUT2D eigenvalue weighted by Crippen LogP contribution is -2.61. The van der Waals surface area contributed by atoms with Gasteiger partial charge in [0.15, 0.2) is 0 Å². The van der Waals surface area contributed by atoms with Gasteiger partial charge in [0.1, 0.15) is 5.75 Å². The normalized spacial score (nSPS) is 23.8. The number of hydrogen-bond donors (Lipinski definition) is 2. The summed E-state index contributed by atoms with van der Waals surface area (Å²) in [4.78, 5) is 12.1. The van der Waals surface area contributed by atoms with Gasteiger partial charge in [0.25, 0.3) is 5.91 Å². The zero-order valence-electron chi connectivity index (χ0n) is 12.3. The molecule has 1 aliphatic rings. The SMILES string of the molecule is CCCOc1ccc(C(=O)NC2CC(O)C2(C)C)cc1. The van der Waals surface area contributed by atoms with Crippen LogP contribution in [-0.2, 0) is 0 Å². The van der Waals surface area contributed by atoms with E-state index < -0.39 is 0 Å². The van der Waals surface area contributed by atoms with E-state index in [0.29, 0.717) is 18.6 Å². The first kappa shape index (κ1) is 14.9. The third-order valence-electron chi connectivity index (χ3n) is 4.11. The maximum Gasteiger partial charge on any atom is 0.251 e. The molecule has 4 nitrogen and oxygen atoms in total. The van der Waals surface area contributed by atoms with Crippen LogP contribution in [0.2, 0.25) is 0 Å². The summed E-state index contributed by atoms with van der Waals surface area (Å²) in [6.07, 6.45) is 1.25. The summed E-state index contributed by atoms with van der Waals surface area (Å²) in [5, 5.41) is 12.7. The van der Waals surface area contributed by atoms with E-state index in [2.05, 4.69) is 12.2 Å². The topological polar surface area (TPSA) is 58.6 Å². The van der Waals surface area contributed by atoms with Crippen LogP contribution in [0.4, 0.5) is 0 Å². The van der Waals surface area contributed by atoms with Crippen molar-refractivity contribution < 1.29 is 14.6 Å². The number of nitrogens with one attached hydrogen (secondary N) is 1. The average Bonchev–Trinajstić information content (AvgIpc) is 2.45. The Balaban J connectivity index is 1.93. The summed E-state index contributed by atoms with van der Waals surface area (Å²) in [7, 11) is 0. The molecule has 2 atom stereocenters. The molecule has 0 bridgehead atoms. The molecule has 1 saturated carbocycles. The minimum absolute atomic E-state index is 0.0287. The number of carbonyl (C=O) groups excluding carboxylic acids is 1. The van der Waals surface area contributed by atoms with Crippen LogP contribution in [0.25, 0.3) is 0 Å². The van der Waals surface area contributed by atoms with Gasteiger partial charge in [-0.2, -0.15) is 0 Å².